The number of hydrogen-bond acceptors (Lipinski definition) is 6. The van der Waals surface area contributed by atoms with Gasteiger partial charge in [0, 0.05) is 18.5 Å². The minimum Gasteiger partial charge on any atom is -0.354 e. The number of piperazine rings is 1. The van der Waals surface area contributed by atoms with Crippen LogP contribution in [0.4, 0.5) is 0 Å². The third-order valence-electron chi connectivity index (χ3n) is 4.25. The molecule has 4 rings (SSSR count). The van der Waals surface area contributed by atoms with Crippen molar-refractivity contribution < 1.29 is 4.79 Å². The number of hydrogen-bond donors (Lipinski definition) is 1. The summed E-state index contributed by atoms with van der Waals surface area (Å²) >= 11 is 1.58. The zero-order chi connectivity index (χ0) is 18.1. The summed E-state index contributed by atoms with van der Waals surface area (Å²) in [6.07, 6.45) is 0. The van der Waals surface area contributed by atoms with Crippen molar-refractivity contribution in [2.45, 2.75) is 20.4 Å². The summed E-state index contributed by atoms with van der Waals surface area (Å²) in [6, 6.07) is 8.16. The number of carbonyl (C=O) groups is 1. The van der Waals surface area contributed by atoms with Gasteiger partial charge in [-0.2, -0.15) is 0 Å². The number of carbonyl (C=O) groups excluding carboxylic acids is 1. The number of nitrogens with one attached hydrogen (secondary N) is 1. The quantitative estimate of drug-likeness (QED) is 0.762. The average molecular weight is 368 g/mol. The van der Waals surface area contributed by atoms with E-state index in [0.29, 0.717) is 25.5 Å². The van der Waals surface area contributed by atoms with Crippen molar-refractivity contribution in [3.63, 3.8) is 0 Å². The van der Waals surface area contributed by atoms with Crippen molar-refractivity contribution in [3.05, 3.63) is 46.0 Å². The molecule has 1 aliphatic rings. The van der Waals surface area contributed by atoms with E-state index in [2.05, 4.69) is 34.3 Å². The molecule has 1 aromatic carbocycles. The van der Waals surface area contributed by atoms with Crippen molar-refractivity contribution in [2.75, 3.05) is 19.6 Å². The first-order valence-electron chi connectivity index (χ1n) is 8.53. The van der Waals surface area contributed by atoms with Gasteiger partial charge >= 0.3 is 0 Å². The largest absolute Gasteiger partial charge is 0.354 e. The second kappa shape index (κ2) is 6.97. The van der Waals surface area contributed by atoms with Crippen LogP contribution >= 0.6 is 11.3 Å². The highest BCUT2D eigenvalue weighted by atomic mass is 32.1. The molecule has 1 N–H and O–H groups in total. The van der Waals surface area contributed by atoms with E-state index in [0.717, 1.165) is 34.3 Å². The molecule has 7 nitrogen and oxygen atoms in total. The number of aromatic nitrogens is 4. The van der Waals surface area contributed by atoms with Crippen LogP contribution in [-0.4, -0.2) is 50.2 Å². The van der Waals surface area contributed by atoms with Crippen LogP contribution in [0.25, 0.3) is 17.2 Å². The average Bonchev–Trinajstić information content (AvgIpc) is 3.21. The second-order valence-electron chi connectivity index (χ2n) is 6.41. The van der Waals surface area contributed by atoms with Gasteiger partial charge < -0.3 is 5.32 Å². The van der Waals surface area contributed by atoms with Gasteiger partial charge in [0.05, 0.1) is 23.8 Å². The highest BCUT2D eigenvalue weighted by Crippen LogP contribution is 2.21. The predicted octanol–water partition coefficient (Wildman–Crippen LogP) is 1.94. The standard InChI is InChI=1S/C18H20N6OS/c1-12-4-3-5-14(8-12)24-16(9-23-7-6-19-17(25)10-23)21-18(22-24)15-11-26-13(2)20-15/h3-5,8,11H,6-7,9-10H2,1-2H3,(H,19,25). The van der Waals surface area contributed by atoms with Gasteiger partial charge in [0.15, 0.2) is 0 Å². The summed E-state index contributed by atoms with van der Waals surface area (Å²) < 4.78 is 1.86. The first-order valence-corrected chi connectivity index (χ1v) is 9.41. The minimum atomic E-state index is 0.0493. The number of thiazole rings is 1. The molecule has 1 saturated heterocycles. The first kappa shape index (κ1) is 16.9. The lowest BCUT2D eigenvalue weighted by atomic mass is 10.2. The molecular formula is C18H20N6OS. The number of rotatable bonds is 4. The lowest BCUT2D eigenvalue weighted by Crippen LogP contribution is -2.47. The van der Waals surface area contributed by atoms with Gasteiger partial charge in [0.1, 0.15) is 11.5 Å². The van der Waals surface area contributed by atoms with E-state index < -0.39 is 0 Å². The number of aryl methyl sites for hydroxylation is 2. The Morgan fingerprint density at radius 3 is 2.88 bits per heavy atom. The van der Waals surface area contributed by atoms with E-state index in [-0.39, 0.29) is 5.91 Å². The van der Waals surface area contributed by atoms with Crippen molar-refractivity contribution in [3.8, 4) is 17.2 Å². The molecule has 1 amide bonds. The van der Waals surface area contributed by atoms with E-state index in [1.165, 1.54) is 0 Å². The summed E-state index contributed by atoms with van der Waals surface area (Å²) in [6.45, 7) is 6.44. The molecule has 0 radical (unpaired) electrons. The maximum absolute atomic E-state index is 11.7. The van der Waals surface area contributed by atoms with E-state index in [4.69, 9.17) is 10.1 Å². The number of nitrogens with zero attached hydrogens (tertiary/aromatic N) is 5. The summed E-state index contributed by atoms with van der Waals surface area (Å²) in [5.74, 6) is 1.48. The zero-order valence-electron chi connectivity index (χ0n) is 14.8. The Hall–Kier alpha value is -2.58. The van der Waals surface area contributed by atoms with Crippen LogP contribution < -0.4 is 5.32 Å². The molecule has 8 heteroatoms. The van der Waals surface area contributed by atoms with Crippen molar-refractivity contribution >= 4 is 17.2 Å². The molecule has 0 saturated carbocycles. The predicted molar refractivity (Wildman–Crippen MR) is 100 cm³/mol. The number of amides is 1. The van der Waals surface area contributed by atoms with Crippen molar-refractivity contribution in [1.82, 2.24) is 30.0 Å². The van der Waals surface area contributed by atoms with Gasteiger partial charge in [-0.25, -0.2) is 14.6 Å². The molecule has 0 unspecified atom stereocenters. The molecule has 0 spiro atoms. The summed E-state index contributed by atoms with van der Waals surface area (Å²) in [7, 11) is 0. The fraction of sp³-hybridized carbons (Fsp3) is 0.333. The number of benzene rings is 1. The highest BCUT2D eigenvalue weighted by Gasteiger charge is 2.21. The molecule has 1 fully saturated rings. The van der Waals surface area contributed by atoms with E-state index in [1.54, 1.807) is 11.3 Å². The van der Waals surface area contributed by atoms with Crippen LogP contribution in [0.1, 0.15) is 16.4 Å². The maximum atomic E-state index is 11.7. The van der Waals surface area contributed by atoms with E-state index in [9.17, 15) is 4.79 Å². The molecule has 0 aliphatic carbocycles. The van der Waals surface area contributed by atoms with Crippen LogP contribution in [0.3, 0.4) is 0 Å². The van der Waals surface area contributed by atoms with Gasteiger partial charge in [-0.1, -0.05) is 12.1 Å². The van der Waals surface area contributed by atoms with Crippen LogP contribution in [0.2, 0.25) is 0 Å². The summed E-state index contributed by atoms with van der Waals surface area (Å²) in [4.78, 5) is 23.0. The Morgan fingerprint density at radius 1 is 1.27 bits per heavy atom. The molecule has 0 atom stereocenters. The van der Waals surface area contributed by atoms with Gasteiger partial charge in [0.25, 0.3) is 0 Å². The lowest BCUT2D eigenvalue weighted by molar-refractivity contribution is -0.124. The molecule has 134 valence electrons. The Balaban J connectivity index is 1.72. The Labute approximate surface area is 155 Å². The lowest BCUT2D eigenvalue weighted by Gasteiger charge is -2.25. The van der Waals surface area contributed by atoms with E-state index >= 15 is 0 Å². The van der Waals surface area contributed by atoms with Crippen LogP contribution in [0, 0.1) is 13.8 Å². The van der Waals surface area contributed by atoms with Crippen LogP contribution in [-0.2, 0) is 11.3 Å². The third kappa shape index (κ3) is 3.51. The molecule has 0 bridgehead atoms. The van der Waals surface area contributed by atoms with Gasteiger partial charge in [-0.15, -0.1) is 16.4 Å². The van der Waals surface area contributed by atoms with E-state index in [1.807, 2.05) is 29.1 Å². The van der Waals surface area contributed by atoms with Crippen LogP contribution in [0.5, 0.6) is 0 Å². The zero-order valence-corrected chi connectivity index (χ0v) is 15.6. The van der Waals surface area contributed by atoms with Gasteiger partial charge in [-0.3, -0.25) is 9.69 Å². The van der Waals surface area contributed by atoms with Gasteiger partial charge in [-0.05, 0) is 31.5 Å². The minimum absolute atomic E-state index is 0.0493. The molecule has 3 aromatic rings. The Morgan fingerprint density at radius 2 is 2.15 bits per heavy atom. The normalized spacial score (nSPS) is 15.2. The van der Waals surface area contributed by atoms with Crippen molar-refractivity contribution in [2.24, 2.45) is 0 Å². The van der Waals surface area contributed by atoms with Crippen LogP contribution in [0.15, 0.2) is 29.6 Å². The monoisotopic (exact) mass is 368 g/mol. The molecule has 26 heavy (non-hydrogen) atoms. The molecular weight excluding hydrogens is 348 g/mol. The third-order valence-corrected chi connectivity index (χ3v) is 5.02. The topological polar surface area (TPSA) is 75.9 Å². The highest BCUT2D eigenvalue weighted by molar-refractivity contribution is 7.09. The van der Waals surface area contributed by atoms with Gasteiger partial charge in [0.2, 0.25) is 11.7 Å². The first-order chi connectivity index (χ1) is 12.6. The molecule has 2 aromatic heterocycles. The molecule has 3 heterocycles. The molecule has 1 aliphatic heterocycles. The Bertz CT molecular complexity index is 947. The summed E-state index contributed by atoms with van der Waals surface area (Å²) in [5.41, 5.74) is 2.91. The SMILES string of the molecule is Cc1cccc(-n2nc(-c3csc(C)n3)nc2CN2CCNC(=O)C2)c1. The van der Waals surface area contributed by atoms with Crippen molar-refractivity contribution in [1.29, 1.82) is 0 Å². The fourth-order valence-corrected chi connectivity index (χ4v) is 3.61. The fourth-order valence-electron chi connectivity index (χ4n) is 3.01. The Kier molecular flexibility index (Phi) is 4.52. The smallest absolute Gasteiger partial charge is 0.234 e. The summed E-state index contributed by atoms with van der Waals surface area (Å²) in [5, 5.41) is 10.5. The maximum Gasteiger partial charge on any atom is 0.234 e. The second-order valence-corrected chi connectivity index (χ2v) is 7.48.